The predicted octanol–water partition coefficient (Wildman–Crippen LogP) is 2.57. The molecule has 6 nitrogen and oxygen atoms in total. The number of Topliss-reactive ketones (excluding diaryl/α,β-unsaturated/α-hetero) is 1. The zero-order valence-corrected chi connectivity index (χ0v) is 14.4. The van der Waals surface area contributed by atoms with E-state index in [4.69, 9.17) is 4.42 Å². The molecule has 0 saturated carbocycles. The summed E-state index contributed by atoms with van der Waals surface area (Å²) in [5.74, 6) is -3.81. The molecule has 0 amide bonds. The molecule has 0 spiro atoms. The van der Waals surface area contributed by atoms with E-state index in [1.807, 2.05) is 0 Å². The van der Waals surface area contributed by atoms with Gasteiger partial charge in [-0.05, 0) is 38.1 Å². The highest BCUT2D eigenvalue weighted by Gasteiger charge is 2.33. The van der Waals surface area contributed by atoms with Crippen molar-refractivity contribution in [1.82, 2.24) is 15.2 Å². The lowest BCUT2D eigenvalue weighted by atomic mass is 10.0. The van der Waals surface area contributed by atoms with Gasteiger partial charge in [-0.1, -0.05) is 6.07 Å². The van der Waals surface area contributed by atoms with Crippen molar-refractivity contribution < 1.29 is 22.8 Å². The predicted molar refractivity (Wildman–Crippen MR) is 92.3 cm³/mol. The van der Waals surface area contributed by atoms with E-state index in [9.17, 15) is 18.4 Å². The minimum Gasteiger partial charge on any atom is -0.432 e. The fourth-order valence-corrected chi connectivity index (χ4v) is 3.30. The second kappa shape index (κ2) is 7.03. The Morgan fingerprint density at radius 3 is 2.74 bits per heavy atom. The van der Waals surface area contributed by atoms with E-state index < -0.39 is 23.2 Å². The van der Waals surface area contributed by atoms with Gasteiger partial charge in [0.25, 0.3) is 0 Å². The number of oxazole rings is 1. The molecule has 27 heavy (non-hydrogen) atoms. The molecule has 2 aromatic rings. The molecule has 1 N–H and O–H groups in total. The summed E-state index contributed by atoms with van der Waals surface area (Å²) in [4.78, 5) is 31.1. The van der Waals surface area contributed by atoms with Crippen molar-refractivity contribution in [1.29, 1.82) is 0 Å². The molecule has 1 fully saturated rings. The van der Waals surface area contributed by atoms with Crippen molar-refractivity contribution in [3.05, 3.63) is 53.1 Å². The molecule has 1 saturated heterocycles. The minimum atomic E-state index is -1.15. The quantitative estimate of drug-likeness (QED) is 0.868. The molecule has 1 aliphatic heterocycles. The number of halogens is 2. The van der Waals surface area contributed by atoms with Gasteiger partial charge in [0.2, 0.25) is 23.2 Å². The number of allylic oxidation sites excluding steroid dienone is 2. The van der Waals surface area contributed by atoms with Crippen LogP contribution in [0.1, 0.15) is 33.9 Å². The van der Waals surface area contributed by atoms with Gasteiger partial charge in [-0.25, -0.2) is 13.8 Å². The summed E-state index contributed by atoms with van der Waals surface area (Å²) in [6.07, 6.45) is 3.50. The summed E-state index contributed by atoms with van der Waals surface area (Å²) in [5.41, 5.74) is -0.301. The average molecular weight is 373 g/mol. The Balaban J connectivity index is 1.54. The van der Waals surface area contributed by atoms with Crippen molar-refractivity contribution in [3.8, 4) is 11.5 Å². The summed E-state index contributed by atoms with van der Waals surface area (Å²) in [7, 11) is 0. The Bertz CT molecular complexity index is 946. The number of nitrogens with one attached hydrogen (secondary N) is 1. The van der Waals surface area contributed by atoms with E-state index >= 15 is 0 Å². The first-order valence-electron chi connectivity index (χ1n) is 8.77. The molecule has 1 aliphatic carbocycles. The van der Waals surface area contributed by atoms with E-state index in [1.54, 1.807) is 0 Å². The molecule has 8 heteroatoms. The van der Waals surface area contributed by atoms with E-state index in [0.717, 1.165) is 31.8 Å². The van der Waals surface area contributed by atoms with Gasteiger partial charge in [0.05, 0.1) is 11.3 Å². The van der Waals surface area contributed by atoms with Crippen LogP contribution in [0, 0.1) is 11.6 Å². The highest BCUT2D eigenvalue weighted by Crippen LogP contribution is 2.29. The molecule has 0 bridgehead atoms. The number of hydrogen-bond acceptors (Lipinski definition) is 6. The molecule has 4 rings (SSSR count). The lowest BCUT2D eigenvalue weighted by Crippen LogP contribution is -2.33. The Hall–Kier alpha value is -2.87. The topological polar surface area (TPSA) is 75.4 Å². The first-order chi connectivity index (χ1) is 13.0. The van der Waals surface area contributed by atoms with Gasteiger partial charge in [0.15, 0.2) is 17.3 Å². The van der Waals surface area contributed by atoms with Crippen LogP contribution in [-0.2, 0) is 0 Å². The van der Waals surface area contributed by atoms with Crippen molar-refractivity contribution in [2.75, 3.05) is 26.2 Å². The number of hydrogen-bond donors (Lipinski definition) is 1. The maximum absolute atomic E-state index is 14.0. The standard InChI is InChI=1S/C19H17F2N3O3/c20-12-5-3-4-11(15(12)21)19-23-16-17(26)13(10-14(25)18(16)27-19)22-6-9-24-7-1-2-8-24/h3-5,10,22H,1-2,6-9H2. The number of carbonyl (C=O) groups excluding carboxylic acids is 2. The lowest BCUT2D eigenvalue weighted by molar-refractivity contribution is 0.0960. The Morgan fingerprint density at radius 1 is 1.19 bits per heavy atom. The highest BCUT2D eigenvalue weighted by molar-refractivity contribution is 6.22. The molecule has 0 unspecified atom stereocenters. The number of aromatic nitrogens is 1. The number of rotatable bonds is 5. The van der Waals surface area contributed by atoms with E-state index in [2.05, 4.69) is 15.2 Å². The monoisotopic (exact) mass is 373 g/mol. The van der Waals surface area contributed by atoms with Crippen LogP contribution >= 0.6 is 0 Å². The first kappa shape index (κ1) is 17.5. The third kappa shape index (κ3) is 3.28. The van der Waals surface area contributed by atoms with Crippen LogP contribution in [0.25, 0.3) is 11.5 Å². The van der Waals surface area contributed by atoms with Crippen LogP contribution in [0.15, 0.2) is 34.4 Å². The molecule has 1 aromatic heterocycles. The molecule has 140 valence electrons. The molecule has 0 atom stereocenters. The van der Waals surface area contributed by atoms with Gasteiger partial charge in [-0.3, -0.25) is 9.59 Å². The van der Waals surface area contributed by atoms with E-state index in [0.29, 0.717) is 6.54 Å². The molecule has 2 aliphatic rings. The van der Waals surface area contributed by atoms with E-state index in [-0.39, 0.29) is 28.6 Å². The SMILES string of the molecule is O=C1C(NCCN2CCCC2)=CC(=O)c2oc(-c3cccc(F)c3F)nc21. The van der Waals surface area contributed by atoms with Crippen LogP contribution in [0.5, 0.6) is 0 Å². The molecule has 0 radical (unpaired) electrons. The molecular weight excluding hydrogens is 356 g/mol. The van der Waals surface area contributed by atoms with Crippen LogP contribution in [0.3, 0.4) is 0 Å². The molecule has 2 heterocycles. The number of fused-ring (bicyclic) bond motifs is 1. The number of benzene rings is 1. The second-order valence-corrected chi connectivity index (χ2v) is 6.53. The summed E-state index contributed by atoms with van der Waals surface area (Å²) in [6, 6.07) is 3.53. The third-order valence-electron chi connectivity index (χ3n) is 4.71. The highest BCUT2D eigenvalue weighted by atomic mass is 19.2. The Labute approximate surface area is 153 Å². The smallest absolute Gasteiger partial charge is 0.231 e. The van der Waals surface area contributed by atoms with Crippen molar-refractivity contribution in [2.24, 2.45) is 0 Å². The maximum Gasteiger partial charge on any atom is 0.231 e. The third-order valence-corrected chi connectivity index (χ3v) is 4.71. The second-order valence-electron chi connectivity index (χ2n) is 6.53. The Kier molecular flexibility index (Phi) is 4.57. The van der Waals surface area contributed by atoms with Crippen molar-refractivity contribution in [2.45, 2.75) is 12.8 Å². The minimum absolute atomic E-state index is 0.131. The van der Waals surface area contributed by atoms with Crippen LogP contribution < -0.4 is 5.32 Å². The van der Waals surface area contributed by atoms with Gasteiger partial charge in [0.1, 0.15) is 0 Å². The van der Waals surface area contributed by atoms with Gasteiger partial charge in [0, 0.05) is 19.2 Å². The van der Waals surface area contributed by atoms with Gasteiger partial charge < -0.3 is 14.6 Å². The lowest BCUT2D eigenvalue weighted by Gasteiger charge is -2.17. The number of carbonyl (C=O) groups is 2. The maximum atomic E-state index is 14.0. The number of ketones is 2. The van der Waals surface area contributed by atoms with Crippen LogP contribution in [-0.4, -0.2) is 47.6 Å². The zero-order chi connectivity index (χ0) is 19.0. The first-order valence-corrected chi connectivity index (χ1v) is 8.77. The largest absolute Gasteiger partial charge is 0.432 e. The van der Waals surface area contributed by atoms with Crippen molar-refractivity contribution >= 4 is 11.6 Å². The zero-order valence-electron chi connectivity index (χ0n) is 14.4. The fourth-order valence-electron chi connectivity index (χ4n) is 3.30. The van der Waals surface area contributed by atoms with E-state index in [1.165, 1.54) is 25.0 Å². The van der Waals surface area contributed by atoms with Crippen LogP contribution in [0.2, 0.25) is 0 Å². The molecular formula is C19H17F2N3O3. The number of likely N-dealkylation sites (tertiary alicyclic amines) is 1. The summed E-state index contributed by atoms with van der Waals surface area (Å²) in [6.45, 7) is 3.35. The average Bonchev–Trinajstić information content (AvgIpc) is 3.31. The number of nitrogens with zero attached hydrogens (tertiary/aromatic N) is 2. The van der Waals surface area contributed by atoms with Gasteiger partial charge in [-0.2, -0.15) is 0 Å². The van der Waals surface area contributed by atoms with Gasteiger partial charge >= 0.3 is 0 Å². The normalized spacial score (nSPS) is 17.2. The van der Waals surface area contributed by atoms with Crippen molar-refractivity contribution in [3.63, 3.8) is 0 Å². The summed E-state index contributed by atoms with van der Waals surface area (Å²) >= 11 is 0. The Morgan fingerprint density at radius 2 is 1.96 bits per heavy atom. The van der Waals surface area contributed by atoms with Gasteiger partial charge in [-0.15, -0.1) is 0 Å². The summed E-state index contributed by atoms with van der Waals surface area (Å²) < 4.78 is 32.7. The molecule has 1 aromatic carbocycles. The summed E-state index contributed by atoms with van der Waals surface area (Å²) in [5, 5.41) is 2.97. The fraction of sp³-hybridized carbons (Fsp3) is 0.316. The van der Waals surface area contributed by atoms with Crippen LogP contribution in [0.4, 0.5) is 8.78 Å².